The Labute approximate surface area is 130 Å². The van der Waals surface area contributed by atoms with E-state index in [0.717, 1.165) is 6.07 Å². The number of hydrogen-bond donors (Lipinski definition) is 2. The quantitative estimate of drug-likeness (QED) is 0.848. The van der Waals surface area contributed by atoms with Crippen molar-refractivity contribution in [1.29, 1.82) is 0 Å². The Morgan fingerprint density at radius 3 is 2.41 bits per heavy atom. The molecule has 0 fully saturated rings. The van der Waals surface area contributed by atoms with Gasteiger partial charge in [-0.15, -0.1) is 0 Å². The predicted molar refractivity (Wildman–Crippen MR) is 81.7 cm³/mol. The SMILES string of the molecule is CC(O)CN(C(=O)NCC(C)c1ccc(F)cc1F)C(C)C. The van der Waals surface area contributed by atoms with Crippen LogP contribution in [0.3, 0.4) is 0 Å². The standard InChI is InChI=1S/C16H24F2N2O2/c1-10(2)20(9-12(4)21)16(22)19-8-11(3)14-6-5-13(17)7-15(14)18/h5-7,10-12,21H,8-9H2,1-4H3,(H,19,22). The van der Waals surface area contributed by atoms with Crippen LogP contribution in [0.25, 0.3) is 0 Å². The van der Waals surface area contributed by atoms with E-state index >= 15 is 0 Å². The lowest BCUT2D eigenvalue weighted by atomic mass is 10.0. The second kappa shape index (κ2) is 8.08. The number of nitrogens with zero attached hydrogens (tertiary/aromatic N) is 1. The maximum absolute atomic E-state index is 13.7. The van der Waals surface area contributed by atoms with Crippen molar-refractivity contribution in [2.24, 2.45) is 0 Å². The van der Waals surface area contributed by atoms with Gasteiger partial charge in [-0.1, -0.05) is 13.0 Å². The van der Waals surface area contributed by atoms with Crippen molar-refractivity contribution < 1.29 is 18.7 Å². The molecule has 0 aliphatic rings. The van der Waals surface area contributed by atoms with Crippen molar-refractivity contribution in [1.82, 2.24) is 10.2 Å². The number of amides is 2. The van der Waals surface area contributed by atoms with E-state index in [1.54, 1.807) is 13.8 Å². The second-order valence-corrected chi connectivity index (χ2v) is 5.85. The van der Waals surface area contributed by atoms with Crippen molar-refractivity contribution in [2.75, 3.05) is 13.1 Å². The maximum atomic E-state index is 13.7. The van der Waals surface area contributed by atoms with Crippen LogP contribution in [0.2, 0.25) is 0 Å². The van der Waals surface area contributed by atoms with Crippen LogP contribution in [0.15, 0.2) is 18.2 Å². The molecule has 2 atom stereocenters. The Hall–Kier alpha value is -1.69. The van der Waals surface area contributed by atoms with Crippen LogP contribution in [-0.4, -0.2) is 41.3 Å². The van der Waals surface area contributed by atoms with E-state index in [4.69, 9.17) is 0 Å². The molecule has 2 amide bonds. The lowest BCUT2D eigenvalue weighted by Crippen LogP contribution is -2.47. The number of hydrogen-bond acceptors (Lipinski definition) is 2. The molecule has 0 heterocycles. The van der Waals surface area contributed by atoms with Gasteiger partial charge in [-0.3, -0.25) is 0 Å². The van der Waals surface area contributed by atoms with Crippen LogP contribution in [-0.2, 0) is 0 Å². The third kappa shape index (κ3) is 5.26. The molecule has 1 rings (SSSR count). The predicted octanol–water partition coefficient (Wildman–Crippen LogP) is 2.87. The molecule has 0 radical (unpaired) electrons. The molecule has 4 nitrogen and oxygen atoms in total. The van der Waals surface area contributed by atoms with Crippen molar-refractivity contribution in [3.8, 4) is 0 Å². The molecular weight excluding hydrogens is 290 g/mol. The summed E-state index contributed by atoms with van der Waals surface area (Å²) in [5, 5.41) is 12.2. The van der Waals surface area contributed by atoms with Crippen molar-refractivity contribution in [3.63, 3.8) is 0 Å². The van der Waals surface area contributed by atoms with Gasteiger partial charge in [0.25, 0.3) is 0 Å². The molecule has 2 unspecified atom stereocenters. The molecule has 22 heavy (non-hydrogen) atoms. The summed E-state index contributed by atoms with van der Waals surface area (Å²) in [5.74, 6) is -1.53. The number of urea groups is 1. The molecule has 0 saturated carbocycles. The summed E-state index contributed by atoms with van der Waals surface area (Å²) in [5.41, 5.74) is 0.355. The fraction of sp³-hybridized carbons (Fsp3) is 0.562. The highest BCUT2D eigenvalue weighted by Gasteiger charge is 2.20. The minimum absolute atomic E-state index is 0.0625. The molecule has 1 aromatic rings. The van der Waals surface area contributed by atoms with Crippen LogP contribution < -0.4 is 5.32 Å². The van der Waals surface area contributed by atoms with Crippen molar-refractivity contribution in [2.45, 2.75) is 45.8 Å². The minimum atomic E-state index is -0.625. The van der Waals surface area contributed by atoms with Gasteiger partial charge in [0.05, 0.1) is 6.10 Å². The second-order valence-electron chi connectivity index (χ2n) is 5.85. The van der Waals surface area contributed by atoms with Crippen LogP contribution in [0.1, 0.15) is 39.2 Å². The van der Waals surface area contributed by atoms with Gasteiger partial charge in [-0.25, -0.2) is 13.6 Å². The summed E-state index contributed by atoms with van der Waals surface area (Å²) in [4.78, 5) is 13.7. The highest BCUT2D eigenvalue weighted by atomic mass is 19.1. The Kier molecular flexibility index (Phi) is 6.74. The van der Waals surface area contributed by atoms with E-state index in [0.29, 0.717) is 5.56 Å². The summed E-state index contributed by atoms with van der Waals surface area (Å²) in [6.07, 6.45) is -0.625. The summed E-state index contributed by atoms with van der Waals surface area (Å²) in [7, 11) is 0. The normalized spacial score (nSPS) is 13.8. The number of aliphatic hydroxyl groups excluding tert-OH is 1. The van der Waals surface area contributed by atoms with E-state index in [-0.39, 0.29) is 31.1 Å². The molecule has 6 heteroatoms. The number of halogens is 2. The largest absolute Gasteiger partial charge is 0.392 e. The number of benzene rings is 1. The zero-order chi connectivity index (χ0) is 16.9. The van der Waals surface area contributed by atoms with Gasteiger partial charge in [0.1, 0.15) is 11.6 Å². The third-order valence-electron chi connectivity index (χ3n) is 3.40. The van der Waals surface area contributed by atoms with Crippen LogP contribution in [0, 0.1) is 11.6 Å². The number of carbonyl (C=O) groups is 1. The van der Waals surface area contributed by atoms with Crippen LogP contribution >= 0.6 is 0 Å². The molecule has 0 spiro atoms. The Balaban J connectivity index is 2.65. The molecule has 0 bridgehead atoms. The van der Waals surface area contributed by atoms with Gasteiger partial charge in [-0.05, 0) is 32.4 Å². The summed E-state index contributed by atoms with van der Waals surface area (Å²) < 4.78 is 26.6. The molecule has 0 aliphatic carbocycles. The first-order chi connectivity index (χ1) is 10.2. The van der Waals surface area contributed by atoms with E-state index < -0.39 is 17.7 Å². The fourth-order valence-corrected chi connectivity index (χ4v) is 2.17. The summed E-state index contributed by atoms with van der Waals surface area (Å²) in [6, 6.07) is 3.04. The zero-order valence-electron chi connectivity index (χ0n) is 13.4. The molecule has 0 aliphatic heterocycles. The first-order valence-electron chi connectivity index (χ1n) is 7.39. The number of carbonyl (C=O) groups excluding carboxylic acids is 1. The smallest absolute Gasteiger partial charge is 0.317 e. The first kappa shape index (κ1) is 18.4. The molecule has 0 aromatic heterocycles. The highest BCUT2D eigenvalue weighted by molar-refractivity contribution is 5.74. The number of nitrogens with one attached hydrogen (secondary N) is 1. The molecule has 2 N–H and O–H groups in total. The van der Waals surface area contributed by atoms with E-state index in [1.165, 1.54) is 17.0 Å². The topological polar surface area (TPSA) is 52.6 Å². The average molecular weight is 314 g/mol. The molecule has 0 saturated heterocycles. The first-order valence-corrected chi connectivity index (χ1v) is 7.39. The average Bonchev–Trinajstić information content (AvgIpc) is 2.41. The van der Waals surface area contributed by atoms with Gasteiger partial charge < -0.3 is 15.3 Å². The van der Waals surface area contributed by atoms with Gasteiger partial charge in [0.2, 0.25) is 0 Å². The molecular formula is C16H24F2N2O2. The Bertz CT molecular complexity index is 507. The van der Waals surface area contributed by atoms with Gasteiger partial charge in [0.15, 0.2) is 0 Å². The maximum Gasteiger partial charge on any atom is 0.317 e. The third-order valence-corrected chi connectivity index (χ3v) is 3.40. The Morgan fingerprint density at radius 2 is 1.91 bits per heavy atom. The highest BCUT2D eigenvalue weighted by Crippen LogP contribution is 2.19. The van der Waals surface area contributed by atoms with Crippen LogP contribution in [0.5, 0.6) is 0 Å². The van der Waals surface area contributed by atoms with Crippen molar-refractivity contribution >= 4 is 6.03 Å². The summed E-state index contributed by atoms with van der Waals surface area (Å²) >= 11 is 0. The molecule has 1 aromatic carbocycles. The zero-order valence-corrected chi connectivity index (χ0v) is 13.4. The van der Waals surface area contributed by atoms with Crippen LogP contribution in [0.4, 0.5) is 13.6 Å². The van der Waals surface area contributed by atoms with E-state index in [2.05, 4.69) is 5.32 Å². The number of rotatable bonds is 6. The summed E-state index contributed by atoms with van der Waals surface area (Å²) in [6.45, 7) is 7.52. The number of aliphatic hydroxyl groups is 1. The lowest BCUT2D eigenvalue weighted by Gasteiger charge is -2.28. The van der Waals surface area contributed by atoms with Gasteiger partial charge in [0, 0.05) is 31.1 Å². The monoisotopic (exact) mass is 314 g/mol. The van der Waals surface area contributed by atoms with Gasteiger partial charge >= 0.3 is 6.03 Å². The Morgan fingerprint density at radius 1 is 1.27 bits per heavy atom. The fourth-order valence-electron chi connectivity index (χ4n) is 2.17. The van der Waals surface area contributed by atoms with E-state index in [1.807, 2.05) is 13.8 Å². The van der Waals surface area contributed by atoms with Gasteiger partial charge in [-0.2, -0.15) is 0 Å². The van der Waals surface area contributed by atoms with E-state index in [9.17, 15) is 18.7 Å². The lowest BCUT2D eigenvalue weighted by molar-refractivity contribution is 0.119. The molecule has 124 valence electrons. The minimum Gasteiger partial charge on any atom is -0.392 e. The van der Waals surface area contributed by atoms with Crippen molar-refractivity contribution in [3.05, 3.63) is 35.4 Å².